The Morgan fingerprint density at radius 2 is 1.94 bits per heavy atom. The molecule has 18 heavy (non-hydrogen) atoms. The molecule has 0 spiro atoms. The van der Waals surface area contributed by atoms with Crippen molar-refractivity contribution in [1.29, 1.82) is 0 Å². The van der Waals surface area contributed by atoms with Gasteiger partial charge in [0.15, 0.2) is 0 Å². The molecular weight excluding hydrogens is 249 g/mol. The van der Waals surface area contributed by atoms with Gasteiger partial charge in [0.05, 0.1) is 0 Å². The van der Waals surface area contributed by atoms with E-state index in [9.17, 15) is 23.1 Å². The summed E-state index contributed by atoms with van der Waals surface area (Å²) in [5.74, 6) is -0.0439. The summed E-state index contributed by atoms with van der Waals surface area (Å²) in [5.41, 5.74) is -2.87. The first-order chi connectivity index (χ1) is 8.38. The van der Waals surface area contributed by atoms with Gasteiger partial charge in [-0.15, -0.1) is 0 Å². The second kappa shape index (κ2) is 4.53. The number of hydrogen-bond acceptors (Lipinski definition) is 3. The zero-order chi connectivity index (χ0) is 13.4. The fourth-order valence-electron chi connectivity index (χ4n) is 2.59. The van der Waals surface area contributed by atoms with Crippen LogP contribution in [0.2, 0.25) is 0 Å². The highest BCUT2D eigenvalue weighted by molar-refractivity contribution is 5.90. The Morgan fingerprint density at radius 3 is 2.39 bits per heavy atom. The van der Waals surface area contributed by atoms with Crippen molar-refractivity contribution in [3.8, 4) is 0 Å². The number of amides is 1. The molecule has 0 unspecified atom stereocenters. The van der Waals surface area contributed by atoms with Crippen molar-refractivity contribution in [2.75, 3.05) is 0 Å². The van der Waals surface area contributed by atoms with Gasteiger partial charge < -0.3 is 5.11 Å². The quantitative estimate of drug-likeness (QED) is 0.776. The summed E-state index contributed by atoms with van der Waals surface area (Å²) in [6.07, 6.45) is -1.05. The lowest BCUT2D eigenvalue weighted by atomic mass is 9.83. The number of alkyl halides is 3. The highest BCUT2D eigenvalue weighted by Gasteiger charge is 2.62. The fraction of sp³-hybridized carbons (Fsp3) is 0.818. The third-order valence-electron chi connectivity index (χ3n) is 3.67. The third-order valence-corrected chi connectivity index (χ3v) is 3.67. The molecule has 102 valence electrons. The number of halogens is 3. The summed E-state index contributed by atoms with van der Waals surface area (Å²) in [6.45, 7) is 0. The second-order valence-electron chi connectivity index (χ2n) is 4.87. The Morgan fingerprint density at radius 1 is 1.33 bits per heavy atom. The van der Waals surface area contributed by atoms with Crippen LogP contribution in [-0.2, 0) is 4.79 Å². The van der Waals surface area contributed by atoms with E-state index in [-0.39, 0.29) is 17.3 Å². The van der Waals surface area contributed by atoms with Crippen molar-refractivity contribution in [1.82, 2.24) is 5.01 Å². The van der Waals surface area contributed by atoms with E-state index in [0.29, 0.717) is 5.71 Å². The summed E-state index contributed by atoms with van der Waals surface area (Å²) < 4.78 is 38.4. The van der Waals surface area contributed by atoms with Gasteiger partial charge in [0, 0.05) is 12.1 Å². The van der Waals surface area contributed by atoms with E-state index in [2.05, 4.69) is 5.10 Å². The van der Waals surface area contributed by atoms with Crippen molar-refractivity contribution in [3.05, 3.63) is 0 Å². The molecule has 0 radical (unpaired) electrons. The molecule has 0 saturated heterocycles. The molecule has 1 atom stereocenters. The Kier molecular flexibility index (Phi) is 3.35. The van der Waals surface area contributed by atoms with Crippen LogP contribution >= 0.6 is 0 Å². The lowest BCUT2D eigenvalue weighted by Crippen LogP contribution is -2.54. The fourth-order valence-corrected chi connectivity index (χ4v) is 2.59. The minimum absolute atomic E-state index is 0.0439. The first-order valence-corrected chi connectivity index (χ1v) is 5.99. The number of carbonyl (C=O) groups is 1. The predicted octanol–water partition coefficient (Wildman–Crippen LogP) is 2.04. The van der Waals surface area contributed by atoms with Crippen molar-refractivity contribution in [2.24, 2.45) is 11.0 Å². The van der Waals surface area contributed by atoms with Crippen LogP contribution in [0.5, 0.6) is 0 Å². The minimum Gasteiger partial charge on any atom is -0.362 e. The molecule has 4 nitrogen and oxygen atoms in total. The summed E-state index contributed by atoms with van der Waals surface area (Å²) >= 11 is 0. The van der Waals surface area contributed by atoms with E-state index in [1.807, 2.05) is 0 Å². The summed E-state index contributed by atoms with van der Waals surface area (Å²) in [4.78, 5) is 10.7. The van der Waals surface area contributed by atoms with Crippen LogP contribution in [0.4, 0.5) is 13.2 Å². The van der Waals surface area contributed by atoms with E-state index in [1.54, 1.807) is 0 Å². The monoisotopic (exact) mass is 264 g/mol. The van der Waals surface area contributed by atoms with Crippen LogP contribution in [0.25, 0.3) is 0 Å². The number of hydrogen-bond donors (Lipinski definition) is 1. The van der Waals surface area contributed by atoms with Gasteiger partial charge in [0.2, 0.25) is 6.41 Å². The largest absolute Gasteiger partial charge is 0.438 e. The van der Waals surface area contributed by atoms with E-state index in [4.69, 9.17) is 0 Å². The summed E-state index contributed by atoms with van der Waals surface area (Å²) in [7, 11) is 0. The molecule has 0 bridgehead atoms. The van der Waals surface area contributed by atoms with Gasteiger partial charge in [-0.3, -0.25) is 4.79 Å². The van der Waals surface area contributed by atoms with Gasteiger partial charge in [-0.2, -0.15) is 23.3 Å². The third kappa shape index (κ3) is 2.11. The molecule has 1 N–H and O–H groups in total. The molecule has 0 aromatic heterocycles. The van der Waals surface area contributed by atoms with Gasteiger partial charge in [0.1, 0.15) is 0 Å². The Hall–Kier alpha value is -1.11. The zero-order valence-electron chi connectivity index (χ0n) is 9.78. The number of nitrogens with zero attached hydrogens (tertiary/aromatic N) is 2. The van der Waals surface area contributed by atoms with Crippen molar-refractivity contribution in [2.45, 2.75) is 50.4 Å². The molecule has 1 aliphatic heterocycles. The van der Waals surface area contributed by atoms with Gasteiger partial charge in [-0.05, 0) is 18.8 Å². The minimum atomic E-state index is -4.90. The second-order valence-corrected chi connectivity index (χ2v) is 4.87. The Balaban J connectivity index is 2.19. The van der Waals surface area contributed by atoms with Gasteiger partial charge in [0.25, 0.3) is 5.72 Å². The highest BCUT2D eigenvalue weighted by atomic mass is 19.4. The molecular formula is C11H15F3N2O2. The average Bonchev–Trinajstić information content (AvgIpc) is 2.68. The van der Waals surface area contributed by atoms with E-state index in [0.717, 1.165) is 32.1 Å². The van der Waals surface area contributed by atoms with E-state index >= 15 is 0 Å². The normalized spacial score (nSPS) is 30.4. The molecule has 1 heterocycles. The molecule has 2 rings (SSSR count). The lowest BCUT2D eigenvalue weighted by molar-refractivity contribution is -0.299. The van der Waals surface area contributed by atoms with Gasteiger partial charge in [-0.1, -0.05) is 19.3 Å². The van der Waals surface area contributed by atoms with Crippen LogP contribution in [0, 0.1) is 5.92 Å². The average molecular weight is 264 g/mol. The van der Waals surface area contributed by atoms with E-state index < -0.39 is 18.3 Å². The van der Waals surface area contributed by atoms with Crippen LogP contribution in [-0.4, -0.2) is 34.1 Å². The molecule has 2 aliphatic rings. The van der Waals surface area contributed by atoms with Crippen molar-refractivity contribution >= 4 is 12.1 Å². The molecule has 7 heteroatoms. The zero-order valence-corrected chi connectivity index (χ0v) is 9.78. The Labute approximate surface area is 102 Å². The van der Waals surface area contributed by atoms with Crippen LogP contribution < -0.4 is 0 Å². The van der Waals surface area contributed by atoms with Crippen molar-refractivity contribution < 1.29 is 23.1 Å². The number of hydrazone groups is 1. The summed E-state index contributed by atoms with van der Waals surface area (Å²) in [6, 6.07) is 0. The lowest BCUT2D eigenvalue weighted by Gasteiger charge is -2.30. The topological polar surface area (TPSA) is 52.9 Å². The number of rotatable bonds is 2. The highest BCUT2D eigenvalue weighted by Crippen LogP contribution is 2.42. The first kappa shape index (κ1) is 13.3. The van der Waals surface area contributed by atoms with Gasteiger partial charge in [-0.25, -0.2) is 0 Å². The SMILES string of the molecule is O=CN1N=C(C2CCCCC2)C[C@]1(O)C(F)(F)F. The van der Waals surface area contributed by atoms with Crippen LogP contribution in [0.15, 0.2) is 5.10 Å². The first-order valence-electron chi connectivity index (χ1n) is 5.99. The molecule has 1 amide bonds. The molecule has 1 fully saturated rings. The molecule has 0 aromatic carbocycles. The number of aliphatic hydroxyl groups is 1. The maximum atomic E-state index is 12.8. The molecule has 1 aliphatic carbocycles. The van der Waals surface area contributed by atoms with Gasteiger partial charge >= 0.3 is 6.18 Å². The maximum absolute atomic E-state index is 12.8. The van der Waals surface area contributed by atoms with Crippen LogP contribution in [0.3, 0.4) is 0 Å². The van der Waals surface area contributed by atoms with Crippen molar-refractivity contribution in [3.63, 3.8) is 0 Å². The number of carbonyl (C=O) groups excluding carboxylic acids is 1. The smallest absolute Gasteiger partial charge is 0.362 e. The standard InChI is InChI=1S/C11H15F3N2O2/c12-11(13,14)10(18)6-9(15-16(10)7-17)8-4-2-1-3-5-8/h7-8,18H,1-6H2/t10-/m0/s1. The molecule has 0 aromatic rings. The maximum Gasteiger partial charge on any atom is 0.438 e. The molecule has 1 saturated carbocycles. The van der Waals surface area contributed by atoms with E-state index in [1.165, 1.54) is 0 Å². The predicted molar refractivity (Wildman–Crippen MR) is 57.5 cm³/mol. The van der Waals surface area contributed by atoms with Crippen LogP contribution in [0.1, 0.15) is 38.5 Å². The summed E-state index contributed by atoms with van der Waals surface area (Å²) in [5, 5.41) is 13.4. The Bertz CT molecular complexity index is 364.